The number of nitrogens with one attached hydrogen (secondary N) is 2. The van der Waals surface area contributed by atoms with Gasteiger partial charge in [-0.1, -0.05) is 12.2 Å². The Hall–Kier alpha value is -2.04. The fourth-order valence-corrected chi connectivity index (χ4v) is 1.95. The highest BCUT2D eigenvalue weighted by molar-refractivity contribution is 5.90. The van der Waals surface area contributed by atoms with Crippen LogP contribution in [0, 0.1) is 13.8 Å². The molecule has 0 aliphatic heterocycles. The number of aromatic nitrogens is 1. The predicted molar refractivity (Wildman–Crippen MR) is 78.6 cm³/mol. The Kier molecular flexibility index (Phi) is 6.03. The summed E-state index contributed by atoms with van der Waals surface area (Å²) in [5, 5.41) is 2.73. The largest absolute Gasteiger partial charge is 0.461 e. The van der Waals surface area contributed by atoms with Crippen LogP contribution in [0.25, 0.3) is 6.08 Å². The van der Waals surface area contributed by atoms with Crippen LogP contribution in [0.2, 0.25) is 0 Å². The first-order chi connectivity index (χ1) is 9.47. The lowest BCUT2D eigenvalue weighted by Gasteiger charge is -2.00. The zero-order valence-electron chi connectivity index (χ0n) is 12.5. The number of hydrogen-bond donors (Lipinski definition) is 2. The van der Waals surface area contributed by atoms with Gasteiger partial charge in [0.05, 0.1) is 6.61 Å². The van der Waals surface area contributed by atoms with Crippen LogP contribution in [0.15, 0.2) is 6.08 Å². The molecule has 0 aromatic carbocycles. The standard InChI is InChI=1S/C15H22N2O3/c1-5-20-15(19)14-10(2)13(11(3)17-14)8-6-7-9-16-12(4)18/h6,8,17H,5,7,9H2,1-4H3,(H,16,18). The SMILES string of the molecule is CCOC(=O)c1[nH]c(C)c(C=CCCNC(C)=O)c1C. The number of rotatable bonds is 6. The van der Waals surface area contributed by atoms with Crippen LogP contribution < -0.4 is 5.32 Å². The van der Waals surface area contributed by atoms with E-state index in [1.807, 2.05) is 26.0 Å². The molecule has 20 heavy (non-hydrogen) atoms. The Labute approximate surface area is 119 Å². The summed E-state index contributed by atoms with van der Waals surface area (Å²) in [5.74, 6) is -0.358. The maximum atomic E-state index is 11.8. The molecule has 0 saturated carbocycles. The van der Waals surface area contributed by atoms with E-state index in [-0.39, 0.29) is 11.9 Å². The van der Waals surface area contributed by atoms with Gasteiger partial charge in [-0.2, -0.15) is 0 Å². The molecule has 1 amide bonds. The second-order valence-electron chi connectivity index (χ2n) is 4.56. The van der Waals surface area contributed by atoms with E-state index in [9.17, 15) is 9.59 Å². The number of hydrogen-bond acceptors (Lipinski definition) is 3. The topological polar surface area (TPSA) is 71.2 Å². The minimum absolute atomic E-state index is 0.0306. The number of ether oxygens (including phenoxy) is 1. The Bertz CT molecular complexity index is 515. The molecule has 0 spiro atoms. The van der Waals surface area contributed by atoms with Crippen molar-refractivity contribution in [3.63, 3.8) is 0 Å². The lowest BCUT2D eigenvalue weighted by Crippen LogP contribution is -2.20. The van der Waals surface area contributed by atoms with E-state index < -0.39 is 0 Å². The fourth-order valence-electron chi connectivity index (χ4n) is 1.95. The van der Waals surface area contributed by atoms with Crippen molar-refractivity contribution in [1.82, 2.24) is 10.3 Å². The molecule has 0 unspecified atom stereocenters. The summed E-state index contributed by atoms with van der Waals surface area (Å²) in [7, 11) is 0. The van der Waals surface area contributed by atoms with E-state index in [4.69, 9.17) is 4.74 Å². The van der Waals surface area contributed by atoms with Crippen LogP contribution in [0.1, 0.15) is 47.6 Å². The number of esters is 1. The molecule has 0 bridgehead atoms. The van der Waals surface area contributed by atoms with Gasteiger partial charge in [-0.3, -0.25) is 4.79 Å². The molecule has 0 radical (unpaired) electrons. The zero-order valence-corrected chi connectivity index (χ0v) is 12.5. The number of carbonyl (C=O) groups excluding carboxylic acids is 2. The Morgan fingerprint density at radius 1 is 1.35 bits per heavy atom. The van der Waals surface area contributed by atoms with Crippen LogP contribution in [-0.2, 0) is 9.53 Å². The average molecular weight is 278 g/mol. The molecule has 5 nitrogen and oxygen atoms in total. The number of H-pyrrole nitrogens is 1. The smallest absolute Gasteiger partial charge is 0.355 e. The minimum Gasteiger partial charge on any atom is -0.461 e. The molecule has 1 aromatic heterocycles. The zero-order chi connectivity index (χ0) is 15.1. The summed E-state index contributed by atoms with van der Waals surface area (Å²) >= 11 is 0. The highest BCUT2D eigenvalue weighted by atomic mass is 16.5. The molecule has 0 aliphatic rings. The maximum absolute atomic E-state index is 11.8. The van der Waals surface area contributed by atoms with E-state index in [1.165, 1.54) is 6.92 Å². The minimum atomic E-state index is -0.328. The van der Waals surface area contributed by atoms with E-state index in [2.05, 4.69) is 10.3 Å². The van der Waals surface area contributed by atoms with Crippen LogP contribution in [0.3, 0.4) is 0 Å². The van der Waals surface area contributed by atoms with E-state index in [1.54, 1.807) is 6.92 Å². The van der Waals surface area contributed by atoms with Crippen molar-refractivity contribution in [3.05, 3.63) is 28.6 Å². The van der Waals surface area contributed by atoms with E-state index in [0.29, 0.717) is 18.8 Å². The van der Waals surface area contributed by atoms with Gasteiger partial charge in [0, 0.05) is 19.2 Å². The Morgan fingerprint density at radius 2 is 2.05 bits per heavy atom. The van der Waals surface area contributed by atoms with E-state index >= 15 is 0 Å². The molecule has 5 heteroatoms. The van der Waals surface area contributed by atoms with Crippen LogP contribution >= 0.6 is 0 Å². The molecule has 2 N–H and O–H groups in total. The number of aromatic amines is 1. The summed E-state index contributed by atoms with van der Waals surface area (Å²) in [5.41, 5.74) is 3.32. The van der Waals surface area contributed by atoms with Gasteiger partial charge in [-0.15, -0.1) is 0 Å². The Morgan fingerprint density at radius 3 is 2.65 bits per heavy atom. The quantitative estimate of drug-likeness (QED) is 0.620. The summed E-state index contributed by atoms with van der Waals surface area (Å²) in [6.07, 6.45) is 4.69. The second kappa shape index (κ2) is 7.53. The van der Waals surface area contributed by atoms with Crippen LogP contribution in [0.4, 0.5) is 0 Å². The van der Waals surface area contributed by atoms with Crippen molar-refractivity contribution in [3.8, 4) is 0 Å². The second-order valence-corrected chi connectivity index (χ2v) is 4.56. The fraction of sp³-hybridized carbons (Fsp3) is 0.467. The first-order valence-electron chi connectivity index (χ1n) is 6.74. The van der Waals surface area contributed by atoms with Crippen molar-refractivity contribution in [1.29, 1.82) is 0 Å². The normalized spacial score (nSPS) is 10.8. The molecular weight excluding hydrogens is 256 g/mol. The third kappa shape index (κ3) is 4.26. The van der Waals surface area contributed by atoms with Crippen molar-refractivity contribution in [2.75, 3.05) is 13.2 Å². The van der Waals surface area contributed by atoms with Crippen molar-refractivity contribution in [2.24, 2.45) is 0 Å². The van der Waals surface area contributed by atoms with Crippen molar-refractivity contribution < 1.29 is 14.3 Å². The van der Waals surface area contributed by atoms with Gasteiger partial charge in [-0.05, 0) is 38.3 Å². The summed E-state index contributed by atoms with van der Waals surface area (Å²) in [6, 6.07) is 0. The third-order valence-electron chi connectivity index (χ3n) is 2.94. The maximum Gasteiger partial charge on any atom is 0.355 e. The summed E-state index contributed by atoms with van der Waals surface area (Å²) < 4.78 is 5.00. The Balaban J connectivity index is 2.73. The van der Waals surface area contributed by atoms with Gasteiger partial charge >= 0.3 is 5.97 Å². The number of amides is 1. The van der Waals surface area contributed by atoms with Gasteiger partial charge in [-0.25, -0.2) is 4.79 Å². The first kappa shape index (κ1) is 16.0. The predicted octanol–water partition coefficient (Wildman–Crippen LogP) is 2.35. The highest BCUT2D eigenvalue weighted by Crippen LogP contribution is 2.20. The molecular formula is C15H22N2O3. The monoisotopic (exact) mass is 278 g/mol. The van der Waals surface area contributed by atoms with Crippen molar-refractivity contribution >= 4 is 18.0 Å². The lowest BCUT2D eigenvalue weighted by atomic mass is 10.1. The van der Waals surface area contributed by atoms with Gasteiger partial charge in [0.2, 0.25) is 5.91 Å². The van der Waals surface area contributed by atoms with Crippen molar-refractivity contribution in [2.45, 2.75) is 34.1 Å². The number of aryl methyl sites for hydroxylation is 1. The summed E-state index contributed by atoms with van der Waals surface area (Å²) in [4.78, 5) is 25.6. The van der Waals surface area contributed by atoms with Crippen LogP contribution in [-0.4, -0.2) is 30.0 Å². The lowest BCUT2D eigenvalue weighted by molar-refractivity contribution is -0.118. The molecule has 0 saturated heterocycles. The average Bonchev–Trinajstić information content (AvgIpc) is 2.65. The molecule has 0 atom stereocenters. The van der Waals surface area contributed by atoms with Gasteiger partial charge < -0.3 is 15.0 Å². The highest BCUT2D eigenvalue weighted by Gasteiger charge is 2.16. The number of carbonyl (C=O) groups is 2. The third-order valence-corrected chi connectivity index (χ3v) is 2.94. The molecule has 0 fully saturated rings. The molecule has 110 valence electrons. The van der Waals surface area contributed by atoms with E-state index in [0.717, 1.165) is 23.2 Å². The first-order valence-corrected chi connectivity index (χ1v) is 6.74. The van der Waals surface area contributed by atoms with Gasteiger partial charge in [0.25, 0.3) is 0 Å². The molecule has 1 aromatic rings. The van der Waals surface area contributed by atoms with Crippen LogP contribution in [0.5, 0.6) is 0 Å². The molecule has 1 rings (SSSR count). The molecule has 1 heterocycles. The molecule has 0 aliphatic carbocycles. The van der Waals surface area contributed by atoms with Gasteiger partial charge in [0.1, 0.15) is 5.69 Å². The summed E-state index contributed by atoms with van der Waals surface area (Å²) in [6.45, 7) is 8.06. The van der Waals surface area contributed by atoms with Gasteiger partial charge in [0.15, 0.2) is 0 Å².